The maximum absolute atomic E-state index is 13.3. The minimum Gasteiger partial charge on any atom is -0.378 e. The fourth-order valence-corrected chi connectivity index (χ4v) is 4.98. The number of piperidine rings is 1. The van der Waals surface area contributed by atoms with E-state index < -0.39 is 0 Å². The van der Waals surface area contributed by atoms with Crippen LogP contribution in [-0.4, -0.2) is 63.9 Å². The molecule has 2 saturated heterocycles. The van der Waals surface area contributed by atoms with Crippen molar-refractivity contribution in [3.05, 3.63) is 71.9 Å². The van der Waals surface area contributed by atoms with Crippen LogP contribution in [0.3, 0.4) is 0 Å². The number of hydrogen-bond acceptors (Lipinski definition) is 5. The average Bonchev–Trinajstić information content (AvgIpc) is 3.24. The number of halogens is 1. The van der Waals surface area contributed by atoms with Crippen LogP contribution in [0.2, 0.25) is 0 Å². The molecule has 7 heteroatoms. The molecule has 1 aromatic carbocycles. The van der Waals surface area contributed by atoms with Crippen molar-refractivity contribution in [2.24, 2.45) is 0 Å². The molecule has 6 nitrogen and oxygen atoms in total. The summed E-state index contributed by atoms with van der Waals surface area (Å²) < 4.78 is 19.0. The first kappa shape index (κ1) is 20.3. The Morgan fingerprint density at radius 1 is 1.13 bits per heavy atom. The summed E-state index contributed by atoms with van der Waals surface area (Å²) in [5, 5.41) is 7.32. The molecule has 2 aliphatic heterocycles. The summed E-state index contributed by atoms with van der Waals surface area (Å²) in [4.78, 5) is 9.38. The molecular formula is C24H28FN5O. The van der Waals surface area contributed by atoms with Gasteiger partial charge in [0.2, 0.25) is 0 Å². The third-order valence-corrected chi connectivity index (χ3v) is 6.70. The second-order valence-corrected chi connectivity index (χ2v) is 8.49. The van der Waals surface area contributed by atoms with Crippen LogP contribution in [0.15, 0.2) is 55.0 Å². The molecule has 4 heterocycles. The number of hydrogen-bond donors (Lipinski definition) is 1. The van der Waals surface area contributed by atoms with Crippen LogP contribution in [0, 0.1) is 5.82 Å². The summed E-state index contributed by atoms with van der Waals surface area (Å²) in [7, 11) is 1.80. The molecule has 162 valence electrons. The van der Waals surface area contributed by atoms with Crippen molar-refractivity contribution in [3.8, 4) is 11.3 Å². The fraction of sp³-hybridized carbons (Fsp3) is 0.417. The van der Waals surface area contributed by atoms with Gasteiger partial charge in [-0.05, 0) is 61.8 Å². The number of aromatic amines is 1. The Bertz CT molecular complexity index is 985. The van der Waals surface area contributed by atoms with Crippen LogP contribution < -0.4 is 0 Å². The molecule has 5 rings (SSSR count). The lowest BCUT2D eigenvalue weighted by atomic mass is 9.87. The zero-order chi connectivity index (χ0) is 21.2. The van der Waals surface area contributed by atoms with Crippen LogP contribution in [0.5, 0.6) is 0 Å². The van der Waals surface area contributed by atoms with E-state index in [1.807, 2.05) is 24.7 Å². The zero-order valence-corrected chi connectivity index (χ0v) is 17.7. The number of rotatable bonds is 6. The van der Waals surface area contributed by atoms with Gasteiger partial charge in [-0.15, -0.1) is 0 Å². The van der Waals surface area contributed by atoms with Crippen molar-refractivity contribution in [3.63, 3.8) is 0 Å². The van der Waals surface area contributed by atoms with Gasteiger partial charge in [-0.3, -0.25) is 19.9 Å². The Morgan fingerprint density at radius 2 is 1.94 bits per heavy atom. The highest BCUT2D eigenvalue weighted by molar-refractivity contribution is 5.62. The van der Waals surface area contributed by atoms with Gasteiger partial charge >= 0.3 is 0 Å². The smallest absolute Gasteiger partial charge is 0.123 e. The minimum absolute atomic E-state index is 0.224. The van der Waals surface area contributed by atoms with Crippen LogP contribution in [0.1, 0.15) is 30.0 Å². The van der Waals surface area contributed by atoms with Crippen LogP contribution in [-0.2, 0) is 11.3 Å². The first-order valence-electron chi connectivity index (χ1n) is 10.9. The topological polar surface area (TPSA) is 57.3 Å². The van der Waals surface area contributed by atoms with E-state index in [0.29, 0.717) is 12.1 Å². The van der Waals surface area contributed by atoms with E-state index in [0.717, 1.165) is 55.8 Å². The quantitative estimate of drug-likeness (QED) is 0.659. The predicted molar refractivity (Wildman–Crippen MR) is 117 cm³/mol. The van der Waals surface area contributed by atoms with E-state index in [4.69, 9.17) is 4.74 Å². The number of H-pyrrole nitrogens is 1. The zero-order valence-electron chi connectivity index (χ0n) is 17.7. The van der Waals surface area contributed by atoms with Gasteiger partial charge < -0.3 is 4.74 Å². The molecule has 0 amide bonds. The van der Waals surface area contributed by atoms with E-state index in [1.54, 1.807) is 19.2 Å². The Labute approximate surface area is 182 Å². The summed E-state index contributed by atoms with van der Waals surface area (Å²) in [6.07, 6.45) is 8.19. The SMILES string of the molecule is CO[C@H]1CN(C2CCN(Cc3cn[nH]c3-c3ccc(F)cc3)CC2)[C@H]1c1cccnc1. The number of nitrogens with zero attached hydrogens (tertiary/aromatic N) is 4. The standard InChI is InChI=1S/C24H28FN5O/c1-31-22-16-30(24(22)18-3-2-10-26-13-18)21-8-11-29(12-9-21)15-19-14-27-28-23(19)17-4-6-20(25)7-5-17/h2-7,10,13-14,21-22,24H,8-9,11-12,15-16H2,1H3,(H,27,28)/t22-,24-/m0/s1. The average molecular weight is 422 g/mol. The minimum atomic E-state index is -0.224. The fourth-order valence-electron chi connectivity index (χ4n) is 4.98. The third kappa shape index (κ3) is 4.13. The highest BCUT2D eigenvalue weighted by atomic mass is 19.1. The number of likely N-dealkylation sites (tertiary alicyclic amines) is 2. The monoisotopic (exact) mass is 421 g/mol. The Kier molecular flexibility index (Phi) is 5.80. The van der Waals surface area contributed by atoms with Gasteiger partial charge in [0.05, 0.1) is 24.0 Å². The molecule has 0 bridgehead atoms. The molecule has 31 heavy (non-hydrogen) atoms. The number of ether oxygens (including phenoxy) is 1. The summed E-state index contributed by atoms with van der Waals surface area (Å²) in [6, 6.07) is 11.6. The van der Waals surface area contributed by atoms with Gasteiger partial charge in [0, 0.05) is 49.8 Å². The molecule has 0 aliphatic carbocycles. The number of nitrogens with one attached hydrogen (secondary N) is 1. The molecule has 2 fully saturated rings. The summed E-state index contributed by atoms with van der Waals surface area (Å²) in [6.45, 7) is 3.93. The number of methoxy groups -OCH3 is 1. The normalized spacial score (nSPS) is 23.0. The third-order valence-electron chi connectivity index (χ3n) is 6.70. The molecule has 0 unspecified atom stereocenters. The number of benzene rings is 1. The van der Waals surface area contributed by atoms with Gasteiger partial charge in [-0.2, -0.15) is 5.10 Å². The highest BCUT2D eigenvalue weighted by Gasteiger charge is 2.44. The Hall–Kier alpha value is -2.61. The van der Waals surface area contributed by atoms with Crippen LogP contribution in [0.4, 0.5) is 4.39 Å². The van der Waals surface area contributed by atoms with Crippen molar-refractivity contribution in [2.75, 3.05) is 26.7 Å². The van der Waals surface area contributed by atoms with E-state index in [-0.39, 0.29) is 11.9 Å². The molecule has 2 aromatic heterocycles. The van der Waals surface area contributed by atoms with Gasteiger partial charge in [0.25, 0.3) is 0 Å². The van der Waals surface area contributed by atoms with Crippen molar-refractivity contribution in [1.82, 2.24) is 25.0 Å². The summed E-state index contributed by atoms with van der Waals surface area (Å²) in [5.74, 6) is -0.224. The molecule has 2 atom stereocenters. The molecule has 0 radical (unpaired) electrons. The lowest BCUT2D eigenvalue weighted by Crippen LogP contribution is -2.60. The summed E-state index contributed by atoms with van der Waals surface area (Å²) in [5.41, 5.74) is 4.34. The maximum atomic E-state index is 13.3. The highest BCUT2D eigenvalue weighted by Crippen LogP contribution is 2.39. The van der Waals surface area contributed by atoms with Crippen LogP contribution >= 0.6 is 0 Å². The molecule has 2 aliphatic rings. The second-order valence-electron chi connectivity index (χ2n) is 8.49. The predicted octanol–water partition coefficient (Wildman–Crippen LogP) is 3.65. The van der Waals surface area contributed by atoms with Gasteiger partial charge in [-0.25, -0.2) is 4.39 Å². The van der Waals surface area contributed by atoms with Gasteiger partial charge in [-0.1, -0.05) is 6.07 Å². The van der Waals surface area contributed by atoms with Crippen molar-refractivity contribution >= 4 is 0 Å². The van der Waals surface area contributed by atoms with E-state index in [9.17, 15) is 4.39 Å². The van der Waals surface area contributed by atoms with Gasteiger partial charge in [0.15, 0.2) is 0 Å². The first-order chi connectivity index (χ1) is 15.2. The molecule has 1 N–H and O–H groups in total. The van der Waals surface area contributed by atoms with Crippen molar-refractivity contribution < 1.29 is 9.13 Å². The Balaban J connectivity index is 1.21. The first-order valence-corrected chi connectivity index (χ1v) is 10.9. The Morgan fingerprint density at radius 3 is 2.65 bits per heavy atom. The lowest BCUT2D eigenvalue weighted by Gasteiger charge is -2.53. The molecule has 3 aromatic rings. The lowest BCUT2D eigenvalue weighted by molar-refractivity contribution is -0.117. The molecule has 0 spiro atoms. The second kappa shape index (κ2) is 8.86. The van der Waals surface area contributed by atoms with E-state index in [2.05, 4.69) is 31.0 Å². The number of pyridine rings is 1. The van der Waals surface area contributed by atoms with Crippen molar-refractivity contribution in [2.45, 2.75) is 37.6 Å². The van der Waals surface area contributed by atoms with E-state index in [1.165, 1.54) is 17.7 Å². The summed E-state index contributed by atoms with van der Waals surface area (Å²) >= 11 is 0. The van der Waals surface area contributed by atoms with Crippen LogP contribution in [0.25, 0.3) is 11.3 Å². The molecule has 0 saturated carbocycles. The molecular weight excluding hydrogens is 393 g/mol. The van der Waals surface area contributed by atoms with E-state index >= 15 is 0 Å². The number of aromatic nitrogens is 3. The largest absolute Gasteiger partial charge is 0.378 e. The maximum Gasteiger partial charge on any atom is 0.123 e. The van der Waals surface area contributed by atoms with Gasteiger partial charge in [0.1, 0.15) is 5.82 Å². The van der Waals surface area contributed by atoms with Crippen molar-refractivity contribution in [1.29, 1.82) is 0 Å².